The summed E-state index contributed by atoms with van der Waals surface area (Å²) in [6.07, 6.45) is 4.70. The van der Waals surface area contributed by atoms with Crippen molar-refractivity contribution in [3.05, 3.63) is 30.1 Å². The van der Waals surface area contributed by atoms with Crippen LogP contribution in [0.2, 0.25) is 0 Å². The number of hydrogen-bond donors (Lipinski definition) is 0. The van der Waals surface area contributed by atoms with Crippen molar-refractivity contribution < 1.29 is 17.7 Å². The normalized spacial score (nSPS) is 22.1. The van der Waals surface area contributed by atoms with E-state index in [-0.39, 0.29) is 11.7 Å². The third-order valence-electron chi connectivity index (χ3n) is 6.66. The second-order valence-electron chi connectivity index (χ2n) is 9.09. The van der Waals surface area contributed by atoms with Gasteiger partial charge in [-0.2, -0.15) is 4.98 Å². The molecule has 170 valence electrons. The van der Waals surface area contributed by atoms with E-state index < -0.39 is 9.84 Å². The van der Waals surface area contributed by atoms with Gasteiger partial charge in [-0.1, -0.05) is 25.9 Å². The first kappa shape index (κ1) is 22.1. The number of nitrogens with zero attached hydrogens (tertiary/aromatic N) is 3. The Morgan fingerprint density at radius 1 is 1.19 bits per heavy atom. The number of ether oxygens (including phenoxy) is 1. The lowest BCUT2D eigenvalue weighted by Gasteiger charge is -2.30. The lowest BCUT2D eigenvalue weighted by molar-refractivity contribution is 0.282. The van der Waals surface area contributed by atoms with Crippen LogP contribution in [-0.2, 0) is 9.84 Å². The summed E-state index contributed by atoms with van der Waals surface area (Å²) < 4.78 is 35.1. The van der Waals surface area contributed by atoms with Gasteiger partial charge in [-0.3, -0.25) is 0 Å². The highest BCUT2D eigenvalue weighted by atomic mass is 32.2. The Morgan fingerprint density at radius 3 is 2.52 bits per heavy atom. The van der Waals surface area contributed by atoms with Crippen molar-refractivity contribution in [1.29, 1.82) is 0 Å². The van der Waals surface area contributed by atoms with Crippen LogP contribution in [0, 0.1) is 17.8 Å². The smallest absolute Gasteiger partial charge is 0.324 e. The molecule has 2 fully saturated rings. The SMILES string of the molecule is CCS(=O)(=O)c1ccc(OCC[C@@H]2C[C@@H]2C2CCN(c3nc(C(C)C)no3)CC2)cc1. The molecule has 1 aliphatic heterocycles. The van der Waals surface area contributed by atoms with E-state index in [2.05, 4.69) is 28.9 Å². The van der Waals surface area contributed by atoms with Crippen LogP contribution in [-0.4, -0.2) is 44.0 Å². The molecule has 2 atom stereocenters. The fraction of sp³-hybridized carbons (Fsp3) is 0.652. The van der Waals surface area contributed by atoms with Crippen LogP contribution in [0.5, 0.6) is 5.75 Å². The fourth-order valence-corrected chi connectivity index (χ4v) is 5.41. The number of aromatic nitrogens is 2. The van der Waals surface area contributed by atoms with Gasteiger partial charge in [0.15, 0.2) is 15.7 Å². The van der Waals surface area contributed by atoms with E-state index in [4.69, 9.17) is 9.26 Å². The van der Waals surface area contributed by atoms with Crippen molar-refractivity contribution in [3.8, 4) is 5.75 Å². The van der Waals surface area contributed by atoms with Crippen LogP contribution in [0.4, 0.5) is 6.01 Å². The summed E-state index contributed by atoms with van der Waals surface area (Å²) in [7, 11) is -3.16. The van der Waals surface area contributed by atoms with Gasteiger partial charge < -0.3 is 14.2 Å². The molecule has 2 aromatic rings. The number of anilines is 1. The van der Waals surface area contributed by atoms with E-state index in [0.717, 1.165) is 48.8 Å². The molecule has 1 aromatic heterocycles. The van der Waals surface area contributed by atoms with Gasteiger partial charge in [0.25, 0.3) is 0 Å². The highest BCUT2D eigenvalue weighted by molar-refractivity contribution is 7.91. The summed E-state index contributed by atoms with van der Waals surface area (Å²) >= 11 is 0. The molecule has 0 spiro atoms. The Balaban J connectivity index is 1.17. The molecule has 2 heterocycles. The summed E-state index contributed by atoms with van der Waals surface area (Å²) in [6, 6.07) is 7.45. The Kier molecular flexibility index (Phi) is 6.55. The monoisotopic (exact) mass is 447 g/mol. The number of sulfone groups is 1. The average molecular weight is 448 g/mol. The van der Waals surface area contributed by atoms with Crippen LogP contribution < -0.4 is 9.64 Å². The fourth-order valence-electron chi connectivity index (χ4n) is 4.53. The van der Waals surface area contributed by atoms with E-state index in [0.29, 0.717) is 17.5 Å². The second kappa shape index (κ2) is 9.18. The third kappa shape index (κ3) is 5.22. The molecule has 1 aliphatic carbocycles. The largest absolute Gasteiger partial charge is 0.494 e. The van der Waals surface area contributed by atoms with Crippen molar-refractivity contribution in [2.75, 3.05) is 30.3 Å². The van der Waals surface area contributed by atoms with Crippen LogP contribution in [0.1, 0.15) is 58.2 Å². The number of benzene rings is 1. The zero-order valence-corrected chi connectivity index (χ0v) is 19.5. The Hall–Kier alpha value is -2.09. The molecule has 0 radical (unpaired) electrons. The highest BCUT2D eigenvalue weighted by Gasteiger charge is 2.43. The van der Waals surface area contributed by atoms with Gasteiger partial charge in [0.05, 0.1) is 17.3 Å². The molecule has 2 aliphatic rings. The summed E-state index contributed by atoms with van der Waals surface area (Å²) in [6.45, 7) is 8.45. The van der Waals surface area contributed by atoms with Gasteiger partial charge in [0.2, 0.25) is 0 Å². The maximum Gasteiger partial charge on any atom is 0.324 e. The van der Waals surface area contributed by atoms with Crippen LogP contribution >= 0.6 is 0 Å². The maximum atomic E-state index is 11.9. The van der Waals surface area contributed by atoms with E-state index in [1.165, 1.54) is 19.3 Å². The standard InChI is InChI=1S/C23H33N3O4S/c1-4-31(27,28)20-7-5-19(6-8-20)29-14-11-18-15-21(18)17-9-12-26(13-10-17)23-24-22(16(2)3)25-30-23/h5-8,16-18,21H,4,9-15H2,1-3H3/t18-,21-/m1/s1. The van der Waals surface area contributed by atoms with E-state index in [1.54, 1.807) is 31.2 Å². The topological polar surface area (TPSA) is 85.5 Å². The predicted molar refractivity (Wildman–Crippen MR) is 119 cm³/mol. The number of hydrogen-bond acceptors (Lipinski definition) is 7. The van der Waals surface area contributed by atoms with Crippen molar-refractivity contribution in [3.63, 3.8) is 0 Å². The third-order valence-corrected chi connectivity index (χ3v) is 8.41. The summed E-state index contributed by atoms with van der Waals surface area (Å²) in [5.41, 5.74) is 0. The van der Waals surface area contributed by atoms with Gasteiger partial charge in [-0.25, -0.2) is 8.42 Å². The van der Waals surface area contributed by atoms with E-state index in [1.807, 2.05) is 0 Å². The minimum Gasteiger partial charge on any atom is -0.494 e. The highest BCUT2D eigenvalue weighted by Crippen LogP contribution is 2.50. The molecule has 0 unspecified atom stereocenters. The first-order chi connectivity index (χ1) is 14.9. The predicted octanol–water partition coefficient (Wildman–Crippen LogP) is 4.31. The molecule has 1 saturated heterocycles. The van der Waals surface area contributed by atoms with E-state index in [9.17, 15) is 8.42 Å². The van der Waals surface area contributed by atoms with Gasteiger partial charge in [-0.15, -0.1) is 0 Å². The van der Waals surface area contributed by atoms with Crippen LogP contribution in [0.25, 0.3) is 0 Å². The molecular weight excluding hydrogens is 414 g/mol. The van der Waals surface area contributed by atoms with Gasteiger partial charge in [0, 0.05) is 19.0 Å². The summed E-state index contributed by atoms with van der Waals surface area (Å²) in [5, 5.41) is 4.08. The molecule has 8 heteroatoms. The van der Waals surface area contributed by atoms with Crippen molar-refractivity contribution in [1.82, 2.24) is 10.1 Å². The number of piperidine rings is 1. The molecular formula is C23H33N3O4S. The second-order valence-corrected chi connectivity index (χ2v) is 11.4. The Labute approximate surface area is 185 Å². The zero-order valence-electron chi connectivity index (χ0n) is 18.7. The van der Waals surface area contributed by atoms with Crippen molar-refractivity contribution in [2.24, 2.45) is 17.8 Å². The van der Waals surface area contributed by atoms with Gasteiger partial charge >= 0.3 is 6.01 Å². The number of rotatable bonds is 9. The summed E-state index contributed by atoms with van der Waals surface area (Å²) in [4.78, 5) is 7.10. The molecule has 7 nitrogen and oxygen atoms in total. The summed E-state index contributed by atoms with van der Waals surface area (Å²) in [5.74, 6) is 4.23. The van der Waals surface area contributed by atoms with Crippen LogP contribution in [0.3, 0.4) is 0 Å². The lowest BCUT2D eigenvalue weighted by atomic mass is 9.90. The molecule has 1 aromatic carbocycles. The zero-order chi connectivity index (χ0) is 22.0. The maximum absolute atomic E-state index is 11.9. The first-order valence-corrected chi connectivity index (χ1v) is 13.1. The minimum absolute atomic E-state index is 0.114. The van der Waals surface area contributed by atoms with Gasteiger partial charge in [-0.05, 0) is 67.7 Å². The van der Waals surface area contributed by atoms with Gasteiger partial charge in [0.1, 0.15) is 5.75 Å². The molecule has 0 bridgehead atoms. The Morgan fingerprint density at radius 2 is 1.90 bits per heavy atom. The lowest BCUT2D eigenvalue weighted by Crippen LogP contribution is -2.34. The Bertz CT molecular complexity index is 963. The van der Waals surface area contributed by atoms with E-state index >= 15 is 0 Å². The van der Waals surface area contributed by atoms with Crippen LogP contribution in [0.15, 0.2) is 33.7 Å². The molecule has 0 N–H and O–H groups in total. The van der Waals surface area contributed by atoms with Crippen molar-refractivity contribution >= 4 is 15.9 Å². The minimum atomic E-state index is -3.16. The molecule has 0 amide bonds. The quantitative estimate of drug-likeness (QED) is 0.566. The first-order valence-electron chi connectivity index (χ1n) is 11.4. The van der Waals surface area contributed by atoms with Crippen molar-refractivity contribution in [2.45, 2.75) is 57.3 Å². The molecule has 1 saturated carbocycles. The molecule has 4 rings (SSSR count). The molecule has 31 heavy (non-hydrogen) atoms. The average Bonchev–Trinajstić information content (AvgIpc) is 3.37.